The predicted octanol–water partition coefficient (Wildman–Crippen LogP) is 9.07. The quantitative estimate of drug-likeness (QED) is 0.0689. The Balaban J connectivity index is 0.000000222. The molecule has 0 unspecified atom stereocenters. The molecule has 77 heavy (non-hydrogen) atoms. The molecule has 2 aliphatic rings. The average Bonchev–Trinajstić information content (AvgIpc) is 4.05. The molecule has 8 rings (SSSR count). The number of amides is 4. The molecule has 0 saturated heterocycles. The van der Waals surface area contributed by atoms with Crippen molar-refractivity contribution in [2.75, 3.05) is 30.5 Å². The molecule has 2 aromatic heterocycles. The molecule has 0 spiro atoms. The lowest BCUT2D eigenvalue weighted by Gasteiger charge is -2.28. The molecule has 18 heteroatoms. The van der Waals surface area contributed by atoms with Crippen LogP contribution in [-0.2, 0) is 53.2 Å². The Kier molecular flexibility index (Phi) is 22.1. The summed E-state index contributed by atoms with van der Waals surface area (Å²) in [6, 6.07) is 30.8. The zero-order valence-corrected chi connectivity index (χ0v) is 45.3. The van der Waals surface area contributed by atoms with Crippen LogP contribution in [0.25, 0.3) is 45.0 Å². The van der Waals surface area contributed by atoms with Crippen molar-refractivity contribution in [2.24, 2.45) is 0 Å². The van der Waals surface area contributed by atoms with Crippen LogP contribution in [-0.4, -0.2) is 91.8 Å². The van der Waals surface area contributed by atoms with Gasteiger partial charge in [0.25, 0.3) is 0 Å². The molecule has 0 fully saturated rings. The number of Topliss-reactive ketones (excluding diaryl/α,β-unsaturated/α-hetero) is 3. The lowest BCUT2D eigenvalue weighted by Crippen LogP contribution is -2.32. The van der Waals surface area contributed by atoms with Crippen LogP contribution in [0.2, 0.25) is 0 Å². The Morgan fingerprint density at radius 1 is 0.494 bits per heavy atom. The SMILES string of the molecule is CCCC(=O)CC.CCCC(=O)CCCC(=O)N1Cc2ccccc2-c2c(nnn2CC(=O)NC)-c2ccccc21.CCCC(=O)CCCC(=O)N1Cc2ccccc2-c2c(nnn2OCCC(=O)NC)-c2ccccc21. The molecule has 4 aromatic carbocycles. The van der Waals surface area contributed by atoms with Gasteiger partial charge in [-0.2, -0.15) is 0 Å². The maximum absolute atomic E-state index is 13.4. The van der Waals surface area contributed by atoms with Gasteiger partial charge in [-0.15, -0.1) is 10.2 Å². The fraction of sp³-hybridized carbons (Fsp3) is 0.407. The van der Waals surface area contributed by atoms with E-state index in [0.717, 1.165) is 76.1 Å². The van der Waals surface area contributed by atoms with E-state index < -0.39 is 0 Å². The summed E-state index contributed by atoms with van der Waals surface area (Å²) < 4.78 is 1.61. The van der Waals surface area contributed by atoms with Crippen molar-refractivity contribution in [3.63, 3.8) is 0 Å². The van der Waals surface area contributed by atoms with Crippen LogP contribution in [0.1, 0.15) is 129 Å². The topological polar surface area (TPSA) is 221 Å². The molecule has 0 aliphatic carbocycles. The van der Waals surface area contributed by atoms with E-state index in [2.05, 4.69) is 31.3 Å². The van der Waals surface area contributed by atoms with Gasteiger partial charge >= 0.3 is 0 Å². The van der Waals surface area contributed by atoms with Crippen molar-refractivity contribution in [2.45, 2.75) is 137 Å². The van der Waals surface area contributed by atoms with Crippen molar-refractivity contribution in [1.29, 1.82) is 0 Å². The van der Waals surface area contributed by atoms with Crippen LogP contribution in [0, 0.1) is 0 Å². The molecule has 4 heterocycles. The van der Waals surface area contributed by atoms with Crippen LogP contribution in [0.3, 0.4) is 0 Å². The smallest absolute Gasteiger partial charge is 0.241 e. The van der Waals surface area contributed by atoms with Gasteiger partial charge in [-0.1, -0.05) is 123 Å². The molecule has 2 N–H and O–H groups in total. The molecule has 18 nitrogen and oxygen atoms in total. The van der Waals surface area contributed by atoms with Gasteiger partial charge in [-0.05, 0) is 60.6 Å². The maximum atomic E-state index is 13.4. The Morgan fingerprint density at radius 2 is 0.935 bits per heavy atom. The van der Waals surface area contributed by atoms with Gasteiger partial charge in [-0.25, -0.2) is 4.68 Å². The Hall–Kier alpha value is -8.15. The summed E-state index contributed by atoms with van der Waals surface area (Å²) in [7, 11) is 3.17. The normalized spacial score (nSPS) is 11.8. The van der Waals surface area contributed by atoms with Crippen molar-refractivity contribution in [1.82, 2.24) is 40.8 Å². The number of aromatic nitrogens is 6. The molecule has 0 bridgehead atoms. The van der Waals surface area contributed by atoms with Gasteiger partial charge in [0.1, 0.15) is 47.6 Å². The van der Waals surface area contributed by atoms with Crippen LogP contribution >= 0.6 is 0 Å². The highest BCUT2D eigenvalue weighted by Gasteiger charge is 2.31. The molecule has 4 amide bonds. The Bertz CT molecular complexity index is 3020. The summed E-state index contributed by atoms with van der Waals surface area (Å²) >= 11 is 0. The molecule has 0 saturated carbocycles. The highest BCUT2D eigenvalue weighted by atomic mass is 16.7. The predicted molar refractivity (Wildman–Crippen MR) is 296 cm³/mol. The largest absolute Gasteiger partial charge is 0.394 e. The minimum atomic E-state index is -0.171. The number of fused-ring (bicyclic) bond motifs is 10. The number of hydrogen-bond donors (Lipinski definition) is 2. The van der Waals surface area contributed by atoms with Gasteiger partial charge in [0.05, 0.1) is 36.6 Å². The number of carbonyl (C=O) groups excluding carboxylic acids is 7. The molecule has 2 aliphatic heterocycles. The van der Waals surface area contributed by atoms with Crippen molar-refractivity contribution >= 4 is 52.4 Å². The second kappa shape index (κ2) is 29.2. The van der Waals surface area contributed by atoms with Crippen molar-refractivity contribution in [3.05, 3.63) is 108 Å². The summed E-state index contributed by atoms with van der Waals surface area (Å²) in [6.45, 7) is 8.80. The number of para-hydroxylation sites is 2. The third-order valence-electron chi connectivity index (χ3n) is 13.1. The van der Waals surface area contributed by atoms with E-state index in [9.17, 15) is 33.6 Å². The average molecular weight is 1050 g/mol. The van der Waals surface area contributed by atoms with Gasteiger partial charge in [0.2, 0.25) is 23.6 Å². The molecular formula is C59H72N10O8. The van der Waals surface area contributed by atoms with Gasteiger partial charge in [0.15, 0.2) is 0 Å². The summed E-state index contributed by atoms with van der Waals surface area (Å²) in [6.07, 6.45) is 7.87. The third-order valence-corrected chi connectivity index (χ3v) is 13.1. The van der Waals surface area contributed by atoms with E-state index in [-0.39, 0.29) is 61.2 Å². The number of rotatable bonds is 21. The van der Waals surface area contributed by atoms with Crippen LogP contribution in [0.15, 0.2) is 97.1 Å². The zero-order chi connectivity index (χ0) is 55.3. The van der Waals surface area contributed by atoms with E-state index in [1.165, 1.54) is 4.85 Å². The summed E-state index contributed by atoms with van der Waals surface area (Å²) in [5.41, 5.74) is 9.26. The van der Waals surface area contributed by atoms with Crippen molar-refractivity contribution in [3.8, 4) is 45.0 Å². The monoisotopic (exact) mass is 1050 g/mol. The van der Waals surface area contributed by atoms with Gasteiger partial charge in [0, 0.05) is 87.7 Å². The molecule has 0 atom stereocenters. The van der Waals surface area contributed by atoms with E-state index >= 15 is 0 Å². The number of hydrogen-bond acceptors (Lipinski definition) is 12. The number of benzene rings is 4. The zero-order valence-electron chi connectivity index (χ0n) is 45.3. The van der Waals surface area contributed by atoms with Crippen LogP contribution in [0.5, 0.6) is 0 Å². The fourth-order valence-corrected chi connectivity index (χ4v) is 9.17. The second-order valence-corrected chi connectivity index (χ2v) is 18.8. The lowest BCUT2D eigenvalue weighted by molar-refractivity contribution is -0.122. The third kappa shape index (κ3) is 15.3. The number of nitrogens with zero attached hydrogens (tertiary/aromatic N) is 8. The van der Waals surface area contributed by atoms with Crippen LogP contribution < -0.4 is 25.3 Å². The maximum Gasteiger partial charge on any atom is 0.241 e. The second-order valence-electron chi connectivity index (χ2n) is 18.8. The standard InChI is InChI=1S/C27H31N5O4.C26H29N5O3.C6H12O/c1-3-9-20(33)11-8-15-25(35)31-18-19-10-4-5-12-21(19)27-26(22-13-6-7-14-23(22)31)29-30-32(27)36-17-16-24(34)28-2;1-3-9-19(32)11-8-15-24(34)30-16-18-10-4-5-12-20(18)26-25(21-13-6-7-14-22(21)30)28-29-31(26)17-23(33)27-2;1-3-5-6(7)4-2/h4-7,10,12-14H,3,8-9,11,15-18H2,1-2H3,(H,28,34);4-7,10,12-14H,3,8-9,11,15-17H2,1-2H3,(H,27,33);3-5H2,1-2H3. The summed E-state index contributed by atoms with van der Waals surface area (Å²) in [4.78, 5) is 95.6. The van der Waals surface area contributed by atoms with E-state index in [0.29, 0.717) is 87.3 Å². The fourth-order valence-electron chi connectivity index (χ4n) is 9.17. The number of carbonyl (C=O) groups is 7. The lowest BCUT2D eigenvalue weighted by atomic mass is 9.95. The minimum Gasteiger partial charge on any atom is -0.394 e. The Morgan fingerprint density at radius 3 is 1.42 bits per heavy atom. The molecule has 406 valence electrons. The van der Waals surface area contributed by atoms with Gasteiger partial charge in [-0.3, -0.25) is 33.6 Å². The summed E-state index contributed by atoms with van der Waals surface area (Å²) in [5.74, 6) is 0.395. The first-order chi connectivity index (χ1) is 37.4. The number of likely N-dealkylation sites (N-methyl/N-ethyl adjacent to an activating group) is 1. The first-order valence-electron chi connectivity index (χ1n) is 26.8. The molecule has 0 radical (unpaired) electrons. The highest BCUT2D eigenvalue weighted by Crippen LogP contribution is 2.43. The van der Waals surface area contributed by atoms with Gasteiger partial charge < -0.3 is 25.3 Å². The first kappa shape index (κ1) is 58.1. The number of anilines is 2. The number of ketones is 3. The van der Waals surface area contributed by atoms with E-state index in [4.69, 9.17) is 4.84 Å². The summed E-state index contributed by atoms with van der Waals surface area (Å²) in [5, 5.41) is 22.6. The molecule has 6 aromatic rings. The van der Waals surface area contributed by atoms with E-state index in [1.54, 1.807) is 28.6 Å². The van der Waals surface area contributed by atoms with Crippen LogP contribution in [0.4, 0.5) is 11.4 Å². The Labute approximate surface area is 450 Å². The minimum absolute atomic E-state index is 0.0345. The van der Waals surface area contributed by atoms with Crippen molar-refractivity contribution < 1.29 is 38.4 Å². The molecular weight excluding hydrogens is 977 g/mol. The number of nitrogens with one attached hydrogen (secondary N) is 2. The highest BCUT2D eigenvalue weighted by molar-refractivity contribution is 6.01. The van der Waals surface area contributed by atoms with E-state index in [1.807, 2.05) is 125 Å². The first-order valence-corrected chi connectivity index (χ1v) is 26.8.